The maximum atomic E-state index is 5.31. The van der Waals surface area contributed by atoms with Gasteiger partial charge in [-0.1, -0.05) is 0 Å². The SMILES string of the molecule is COC=C[C@@H](C)N. The van der Waals surface area contributed by atoms with Crippen molar-refractivity contribution < 1.29 is 4.74 Å². The highest BCUT2D eigenvalue weighted by molar-refractivity contribution is 4.82. The average molecular weight is 101 g/mol. The minimum absolute atomic E-state index is 0.0972. The van der Waals surface area contributed by atoms with Gasteiger partial charge in [0, 0.05) is 6.04 Å². The molecule has 0 aromatic heterocycles. The van der Waals surface area contributed by atoms with E-state index in [9.17, 15) is 0 Å². The topological polar surface area (TPSA) is 35.2 Å². The Kier molecular flexibility index (Phi) is 3.42. The summed E-state index contributed by atoms with van der Waals surface area (Å²) in [6, 6.07) is 0.0972. The third kappa shape index (κ3) is 5.50. The Labute approximate surface area is 44.0 Å². The smallest absolute Gasteiger partial charge is 0.0800 e. The first-order valence-electron chi connectivity index (χ1n) is 2.22. The van der Waals surface area contributed by atoms with Crippen LogP contribution in [-0.2, 0) is 4.74 Å². The van der Waals surface area contributed by atoms with Gasteiger partial charge < -0.3 is 10.5 Å². The molecule has 0 radical (unpaired) electrons. The highest BCUT2D eigenvalue weighted by atomic mass is 16.5. The van der Waals surface area contributed by atoms with Crippen molar-refractivity contribution in [3.8, 4) is 0 Å². The fraction of sp³-hybridized carbons (Fsp3) is 0.600. The molecule has 0 heterocycles. The third-order valence-corrected chi connectivity index (χ3v) is 0.518. The molecule has 1 atom stereocenters. The minimum atomic E-state index is 0.0972. The molecule has 0 aliphatic carbocycles. The first kappa shape index (κ1) is 6.50. The number of ether oxygens (including phenoxy) is 1. The second-order valence-corrected chi connectivity index (χ2v) is 1.42. The Morgan fingerprint density at radius 3 is 2.43 bits per heavy atom. The standard InChI is InChI=1S/C5H11NO/c1-5(6)3-4-7-2/h3-5H,6H2,1-2H3/t5-/m1/s1. The number of hydrogen-bond donors (Lipinski definition) is 1. The first-order valence-corrected chi connectivity index (χ1v) is 2.22. The monoisotopic (exact) mass is 101 g/mol. The zero-order chi connectivity index (χ0) is 5.70. The van der Waals surface area contributed by atoms with Gasteiger partial charge in [0.15, 0.2) is 0 Å². The van der Waals surface area contributed by atoms with E-state index in [4.69, 9.17) is 5.73 Å². The van der Waals surface area contributed by atoms with Gasteiger partial charge >= 0.3 is 0 Å². The van der Waals surface area contributed by atoms with Gasteiger partial charge in [0.1, 0.15) is 0 Å². The van der Waals surface area contributed by atoms with E-state index >= 15 is 0 Å². The van der Waals surface area contributed by atoms with E-state index in [1.54, 1.807) is 19.4 Å². The molecule has 0 saturated heterocycles. The minimum Gasteiger partial charge on any atom is -0.505 e. The number of methoxy groups -OCH3 is 1. The molecule has 7 heavy (non-hydrogen) atoms. The van der Waals surface area contributed by atoms with E-state index in [-0.39, 0.29) is 6.04 Å². The Balaban J connectivity index is 3.08. The molecular weight excluding hydrogens is 90.1 g/mol. The molecule has 42 valence electrons. The van der Waals surface area contributed by atoms with Gasteiger partial charge in [0.05, 0.1) is 13.4 Å². The van der Waals surface area contributed by atoms with Crippen molar-refractivity contribution in [2.75, 3.05) is 7.11 Å². The van der Waals surface area contributed by atoms with Gasteiger partial charge in [-0.05, 0) is 13.0 Å². The Morgan fingerprint density at radius 1 is 1.71 bits per heavy atom. The molecule has 2 nitrogen and oxygen atoms in total. The van der Waals surface area contributed by atoms with Gasteiger partial charge in [-0.2, -0.15) is 0 Å². The summed E-state index contributed by atoms with van der Waals surface area (Å²) in [7, 11) is 1.60. The van der Waals surface area contributed by atoms with Crippen LogP contribution < -0.4 is 5.73 Å². The summed E-state index contributed by atoms with van der Waals surface area (Å²) in [4.78, 5) is 0. The normalized spacial score (nSPS) is 14.7. The summed E-state index contributed by atoms with van der Waals surface area (Å²) >= 11 is 0. The van der Waals surface area contributed by atoms with Crippen LogP contribution >= 0.6 is 0 Å². The van der Waals surface area contributed by atoms with Crippen LogP contribution in [0.5, 0.6) is 0 Å². The summed E-state index contributed by atoms with van der Waals surface area (Å²) in [5, 5.41) is 0. The van der Waals surface area contributed by atoms with E-state index in [1.807, 2.05) is 6.92 Å². The summed E-state index contributed by atoms with van der Waals surface area (Å²) in [5.74, 6) is 0. The van der Waals surface area contributed by atoms with Crippen molar-refractivity contribution >= 4 is 0 Å². The zero-order valence-corrected chi connectivity index (χ0v) is 4.72. The van der Waals surface area contributed by atoms with Gasteiger partial charge in [0.25, 0.3) is 0 Å². The molecule has 0 aliphatic heterocycles. The third-order valence-electron chi connectivity index (χ3n) is 0.518. The lowest BCUT2D eigenvalue weighted by Gasteiger charge is -1.91. The average Bonchev–Trinajstić information content (AvgIpc) is 1.61. The lowest BCUT2D eigenvalue weighted by molar-refractivity contribution is 0.336. The number of hydrogen-bond acceptors (Lipinski definition) is 2. The molecule has 0 amide bonds. The lowest BCUT2D eigenvalue weighted by Crippen LogP contribution is -2.10. The maximum Gasteiger partial charge on any atom is 0.0800 e. The van der Waals surface area contributed by atoms with Crippen molar-refractivity contribution in [1.82, 2.24) is 0 Å². The molecule has 0 aromatic carbocycles. The summed E-state index contributed by atoms with van der Waals surface area (Å²) < 4.78 is 4.59. The Bertz CT molecular complexity index is 59.1. The van der Waals surface area contributed by atoms with Crippen molar-refractivity contribution in [2.24, 2.45) is 5.73 Å². The van der Waals surface area contributed by atoms with Crippen molar-refractivity contribution in [1.29, 1.82) is 0 Å². The van der Waals surface area contributed by atoms with Gasteiger partial charge in [0.2, 0.25) is 0 Å². The second-order valence-electron chi connectivity index (χ2n) is 1.42. The van der Waals surface area contributed by atoms with E-state index in [0.29, 0.717) is 0 Å². The molecule has 0 saturated carbocycles. The summed E-state index contributed by atoms with van der Waals surface area (Å²) in [6.45, 7) is 1.88. The fourth-order valence-corrected chi connectivity index (χ4v) is 0.202. The predicted octanol–water partition coefficient (Wildman–Crippen LogP) is 0.494. The van der Waals surface area contributed by atoms with Gasteiger partial charge in [-0.3, -0.25) is 0 Å². The van der Waals surface area contributed by atoms with Crippen LogP contribution in [0.4, 0.5) is 0 Å². The van der Waals surface area contributed by atoms with Crippen LogP contribution in [0.15, 0.2) is 12.3 Å². The van der Waals surface area contributed by atoms with E-state index < -0.39 is 0 Å². The van der Waals surface area contributed by atoms with Crippen molar-refractivity contribution in [3.63, 3.8) is 0 Å². The first-order chi connectivity index (χ1) is 3.27. The molecule has 0 fully saturated rings. The zero-order valence-electron chi connectivity index (χ0n) is 4.72. The highest BCUT2D eigenvalue weighted by Gasteiger charge is 1.78. The maximum absolute atomic E-state index is 5.31. The second kappa shape index (κ2) is 3.68. The molecular formula is C5H11NO. The summed E-state index contributed by atoms with van der Waals surface area (Å²) in [5.41, 5.74) is 5.31. The Hall–Kier alpha value is -0.500. The fourth-order valence-electron chi connectivity index (χ4n) is 0.202. The Morgan fingerprint density at radius 2 is 2.29 bits per heavy atom. The van der Waals surface area contributed by atoms with E-state index in [2.05, 4.69) is 4.74 Å². The molecule has 0 aliphatic rings. The van der Waals surface area contributed by atoms with Crippen LogP contribution in [0.2, 0.25) is 0 Å². The van der Waals surface area contributed by atoms with Crippen LogP contribution in [0.3, 0.4) is 0 Å². The van der Waals surface area contributed by atoms with Crippen LogP contribution in [-0.4, -0.2) is 13.2 Å². The molecule has 0 rings (SSSR count). The van der Waals surface area contributed by atoms with Gasteiger partial charge in [-0.15, -0.1) is 0 Å². The van der Waals surface area contributed by atoms with Crippen molar-refractivity contribution in [2.45, 2.75) is 13.0 Å². The van der Waals surface area contributed by atoms with Crippen molar-refractivity contribution in [3.05, 3.63) is 12.3 Å². The predicted molar refractivity (Wildman–Crippen MR) is 29.8 cm³/mol. The molecule has 2 N–H and O–H groups in total. The van der Waals surface area contributed by atoms with E-state index in [1.165, 1.54) is 0 Å². The van der Waals surface area contributed by atoms with Crippen LogP contribution in [0.1, 0.15) is 6.92 Å². The van der Waals surface area contributed by atoms with E-state index in [0.717, 1.165) is 0 Å². The van der Waals surface area contributed by atoms with Crippen LogP contribution in [0, 0.1) is 0 Å². The number of rotatable bonds is 2. The molecule has 0 spiro atoms. The molecule has 0 bridgehead atoms. The highest BCUT2D eigenvalue weighted by Crippen LogP contribution is 1.76. The lowest BCUT2D eigenvalue weighted by atomic mass is 10.4. The largest absolute Gasteiger partial charge is 0.505 e. The van der Waals surface area contributed by atoms with Gasteiger partial charge in [-0.25, -0.2) is 0 Å². The number of nitrogens with two attached hydrogens (primary N) is 1. The quantitative estimate of drug-likeness (QED) is 0.514. The summed E-state index contributed by atoms with van der Waals surface area (Å²) in [6.07, 6.45) is 3.35. The van der Waals surface area contributed by atoms with Crippen LogP contribution in [0.25, 0.3) is 0 Å². The molecule has 2 heteroatoms. The molecule has 0 unspecified atom stereocenters. The molecule has 0 aromatic rings.